The van der Waals surface area contributed by atoms with Crippen LogP contribution in [0.5, 0.6) is 0 Å². The standard InChI is InChI=1S/C102H71BN2S/c1-100(2,3)74-63-95-98-97(64-74)106-96-62-69(77-41-20-19-40-76(77)66-30-9-4-10-31-66)54-58-91(96)103(98)90-59-55-75(104-92-50-27-23-44-84(92)85-45-24-28-51-93(85)104)65-94(90)105(95)99-78(67-52-56-82-80-42-21-25-48-86(80)101(88(82)60-67,70-32-11-5-12-33-70)71-34-13-6-14-35-71)46-29-47-79(99)68-53-57-83-81-43-22-26-49-87(81)102(89(83)61-68,72-36-15-7-16-37-72)73-38-17-8-18-39-73/h4-65H,1-3H3/i23D,24D,27D,28D,44D,45D,50D,51D. The lowest BCUT2D eigenvalue weighted by Crippen LogP contribution is -2.60. The molecule has 16 aromatic carbocycles. The second-order valence-corrected chi connectivity index (χ2v) is 30.6. The van der Waals surface area contributed by atoms with E-state index in [0.29, 0.717) is 5.69 Å². The first kappa shape index (κ1) is 54.2. The minimum atomic E-state index is -0.754. The molecule has 498 valence electrons. The summed E-state index contributed by atoms with van der Waals surface area (Å²) in [5, 5.41) is 0.0270. The van der Waals surface area contributed by atoms with Gasteiger partial charge in [0.1, 0.15) is 0 Å². The number of rotatable bonds is 10. The Morgan fingerprint density at radius 2 is 0.755 bits per heavy atom. The molecule has 2 aliphatic heterocycles. The number of hydrogen-bond donors (Lipinski definition) is 0. The molecule has 0 unspecified atom stereocenters. The van der Waals surface area contributed by atoms with Crippen LogP contribution in [0.3, 0.4) is 0 Å². The minimum Gasteiger partial charge on any atom is -0.310 e. The second-order valence-electron chi connectivity index (χ2n) is 29.5. The Labute approximate surface area is 635 Å². The summed E-state index contributed by atoms with van der Waals surface area (Å²) in [5.41, 5.74) is 27.8. The molecule has 0 N–H and O–H groups in total. The molecule has 21 rings (SSSR count). The third-order valence-electron chi connectivity index (χ3n) is 23.0. The Balaban J connectivity index is 0.907. The zero-order chi connectivity index (χ0) is 77.4. The molecule has 0 atom stereocenters. The van der Waals surface area contributed by atoms with Crippen LogP contribution in [0.4, 0.5) is 17.1 Å². The summed E-state index contributed by atoms with van der Waals surface area (Å²) < 4.78 is 77.8. The molecule has 1 aromatic heterocycles. The molecule has 106 heavy (non-hydrogen) atoms. The zero-order valence-electron chi connectivity index (χ0n) is 66.6. The molecule has 3 heterocycles. The van der Waals surface area contributed by atoms with Gasteiger partial charge in [-0.15, -0.1) is 0 Å². The van der Waals surface area contributed by atoms with E-state index in [1.165, 1.54) is 22.3 Å². The van der Waals surface area contributed by atoms with Crippen LogP contribution in [0.25, 0.3) is 94.3 Å². The number of benzene rings is 16. The van der Waals surface area contributed by atoms with Crippen molar-refractivity contribution in [2.45, 2.75) is 46.8 Å². The van der Waals surface area contributed by atoms with Crippen molar-refractivity contribution in [3.05, 3.63) is 426 Å². The Hall–Kier alpha value is -12.5. The third kappa shape index (κ3) is 9.14. The molecule has 2 nitrogen and oxygen atoms in total. The SMILES string of the molecule is [2H]c1c([2H])c([2H])c2c(c1[2H])c1c([2H])c([2H])c([2H])c([2H])c1n2-c1ccc2c(c1)N(c1c(-c3ccc4c(c3)C(c3ccccc3)(c3ccccc3)c3ccccc3-4)cccc1-c1ccc3c(c1)C(c1ccccc1)(c1ccccc1)c1ccccc1-3)c1cc(C(C)(C)C)cc3c1B2c1ccc(-c2ccccc2-c2ccccc2)cc1S3. The summed E-state index contributed by atoms with van der Waals surface area (Å²) in [7, 11) is 0. The van der Waals surface area contributed by atoms with Crippen molar-refractivity contribution < 1.29 is 11.0 Å². The minimum absolute atomic E-state index is 0.0135. The molecular formula is C102H71BN2S. The van der Waals surface area contributed by atoms with Crippen molar-refractivity contribution in [3.63, 3.8) is 0 Å². The van der Waals surface area contributed by atoms with Crippen molar-refractivity contribution in [1.82, 2.24) is 4.57 Å². The first-order chi connectivity index (χ1) is 55.5. The van der Waals surface area contributed by atoms with Gasteiger partial charge in [-0.1, -0.05) is 359 Å². The van der Waals surface area contributed by atoms with E-state index in [-0.39, 0.29) is 40.6 Å². The van der Waals surface area contributed by atoms with E-state index in [1.807, 2.05) is 17.8 Å². The third-order valence-corrected chi connectivity index (χ3v) is 24.2. The fourth-order valence-corrected chi connectivity index (χ4v) is 19.7. The van der Waals surface area contributed by atoms with E-state index in [2.05, 4.69) is 347 Å². The van der Waals surface area contributed by atoms with Crippen LogP contribution >= 0.6 is 11.8 Å². The van der Waals surface area contributed by atoms with E-state index in [0.717, 1.165) is 138 Å². The highest BCUT2D eigenvalue weighted by Crippen LogP contribution is 2.61. The van der Waals surface area contributed by atoms with E-state index >= 15 is 0 Å². The number of hydrogen-bond acceptors (Lipinski definition) is 2. The quantitative estimate of drug-likeness (QED) is 0.126. The Morgan fingerprint density at radius 1 is 0.330 bits per heavy atom. The lowest BCUT2D eigenvalue weighted by Gasteiger charge is -2.43. The number of nitrogens with zero attached hydrogens (tertiary/aromatic N) is 2. The van der Waals surface area contributed by atoms with E-state index in [1.54, 1.807) is 4.57 Å². The average Bonchev–Trinajstić information content (AvgIpc) is 1.68. The maximum Gasteiger partial charge on any atom is 0.249 e. The molecule has 4 heteroatoms. The summed E-state index contributed by atoms with van der Waals surface area (Å²) >= 11 is 1.81. The molecule has 0 amide bonds. The molecule has 0 spiro atoms. The number of aromatic nitrogens is 1. The van der Waals surface area contributed by atoms with E-state index < -0.39 is 52.5 Å². The summed E-state index contributed by atoms with van der Waals surface area (Å²) in [6, 6.07) is 116. The lowest BCUT2D eigenvalue weighted by atomic mass is 9.34. The highest BCUT2D eigenvalue weighted by atomic mass is 32.2. The summed E-state index contributed by atoms with van der Waals surface area (Å²) in [6.45, 7) is 6.47. The van der Waals surface area contributed by atoms with Gasteiger partial charge in [0.05, 0.1) is 38.5 Å². The predicted octanol–water partition coefficient (Wildman–Crippen LogP) is 24.2. The van der Waals surface area contributed by atoms with Gasteiger partial charge in [0, 0.05) is 48.8 Å². The van der Waals surface area contributed by atoms with E-state index in [9.17, 15) is 8.22 Å². The van der Waals surface area contributed by atoms with Gasteiger partial charge >= 0.3 is 0 Å². The zero-order valence-corrected chi connectivity index (χ0v) is 59.4. The maximum absolute atomic E-state index is 9.93. The van der Waals surface area contributed by atoms with Gasteiger partial charge in [-0.3, -0.25) is 0 Å². The van der Waals surface area contributed by atoms with Crippen LogP contribution < -0.4 is 21.3 Å². The van der Waals surface area contributed by atoms with Crippen molar-refractivity contribution in [2.75, 3.05) is 4.90 Å². The van der Waals surface area contributed by atoms with Gasteiger partial charge in [0.2, 0.25) is 6.71 Å². The van der Waals surface area contributed by atoms with Crippen LogP contribution in [0.1, 0.15) is 81.8 Å². The van der Waals surface area contributed by atoms with Crippen molar-refractivity contribution in [3.8, 4) is 72.4 Å². The fourth-order valence-electron chi connectivity index (χ4n) is 18.5. The van der Waals surface area contributed by atoms with Gasteiger partial charge in [-0.05, 0) is 177 Å². The Morgan fingerprint density at radius 3 is 1.27 bits per heavy atom. The number of fused-ring (bicyclic) bond motifs is 13. The largest absolute Gasteiger partial charge is 0.310 e. The normalized spacial score (nSPS) is 14.9. The van der Waals surface area contributed by atoms with Gasteiger partial charge < -0.3 is 9.47 Å². The van der Waals surface area contributed by atoms with Gasteiger partial charge in [0.25, 0.3) is 0 Å². The van der Waals surface area contributed by atoms with Crippen LogP contribution in [-0.4, -0.2) is 11.3 Å². The van der Waals surface area contributed by atoms with Crippen molar-refractivity contribution in [1.29, 1.82) is 0 Å². The maximum atomic E-state index is 9.93. The monoisotopic (exact) mass is 1370 g/mol. The van der Waals surface area contributed by atoms with Gasteiger partial charge in [0.15, 0.2) is 0 Å². The van der Waals surface area contributed by atoms with Gasteiger partial charge in [-0.25, -0.2) is 0 Å². The average molecular weight is 1380 g/mol. The predicted molar refractivity (Wildman–Crippen MR) is 446 cm³/mol. The van der Waals surface area contributed by atoms with Crippen LogP contribution in [0, 0.1) is 0 Å². The molecule has 0 fully saturated rings. The molecular weight excluding hydrogens is 1300 g/mol. The molecule has 17 aromatic rings. The second kappa shape index (κ2) is 24.1. The van der Waals surface area contributed by atoms with E-state index in [4.69, 9.17) is 2.74 Å². The lowest BCUT2D eigenvalue weighted by molar-refractivity contribution is 0.589. The fraction of sp³-hybridized carbons (Fsp3) is 0.0588. The number of para-hydroxylation sites is 3. The highest BCUT2D eigenvalue weighted by molar-refractivity contribution is 8.00. The smallest absolute Gasteiger partial charge is 0.249 e. The molecule has 2 aliphatic carbocycles. The summed E-state index contributed by atoms with van der Waals surface area (Å²) in [4.78, 5) is 4.73. The van der Waals surface area contributed by atoms with Crippen LogP contribution in [0.15, 0.2) is 386 Å². The topological polar surface area (TPSA) is 8.17 Å². The molecule has 0 saturated heterocycles. The molecule has 4 aliphatic rings. The first-order valence-corrected chi connectivity index (χ1v) is 37.3. The number of anilines is 3. The van der Waals surface area contributed by atoms with Crippen molar-refractivity contribution >= 4 is 73.7 Å². The molecule has 0 saturated carbocycles. The van der Waals surface area contributed by atoms with Crippen LogP contribution in [-0.2, 0) is 16.2 Å². The Bertz CT molecular complexity index is 6560. The highest BCUT2D eigenvalue weighted by Gasteiger charge is 2.49. The van der Waals surface area contributed by atoms with Crippen LogP contribution in [0.2, 0.25) is 0 Å². The molecule has 0 bridgehead atoms. The van der Waals surface area contributed by atoms with Crippen molar-refractivity contribution in [2.24, 2.45) is 0 Å². The summed E-state index contributed by atoms with van der Waals surface area (Å²) in [6.07, 6.45) is 0. The first-order valence-electron chi connectivity index (χ1n) is 40.5. The summed E-state index contributed by atoms with van der Waals surface area (Å²) in [5.74, 6) is 0. The van der Waals surface area contributed by atoms with Gasteiger partial charge in [-0.2, -0.15) is 0 Å². The Kier molecular flexibility index (Phi) is 12.3. The molecule has 0 radical (unpaired) electrons.